The Kier molecular flexibility index (Phi) is 3.50. The SMILES string of the molecule is CC(C)N1CCC(CN)(CC(N)=O)C1. The van der Waals surface area contributed by atoms with Gasteiger partial charge in [-0.25, -0.2) is 0 Å². The molecule has 4 nitrogen and oxygen atoms in total. The quantitative estimate of drug-likeness (QED) is 0.665. The topological polar surface area (TPSA) is 72.3 Å². The Bertz CT molecular complexity index is 217. The maximum Gasteiger partial charge on any atom is 0.218 e. The fraction of sp³-hybridized carbons (Fsp3) is 0.900. The molecule has 1 aliphatic heterocycles. The van der Waals surface area contributed by atoms with E-state index in [9.17, 15) is 4.79 Å². The van der Waals surface area contributed by atoms with E-state index < -0.39 is 0 Å². The molecule has 1 saturated heterocycles. The molecule has 1 atom stereocenters. The van der Waals surface area contributed by atoms with Gasteiger partial charge in [-0.05, 0) is 33.4 Å². The summed E-state index contributed by atoms with van der Waals surface area (Å²) in [5.41, 5.74) is 10.9. The van der Waals surface area contributed by atoms with Crippen LogP contribution in [-0.2, 0) is 4.79 Å². The molecule has 1 aliphatic rings. The third-order valence-corrected chi connectivity index (χ3v) is 3.18. The Morgan fingerprint density at radius 3 is 2.57 bits per heavy atom. The maximum atomic E-state index is 10.9. The summed E-state index contributed by atoms with van der Waals surface area (Å²) < 4.78 is 0. The van der Waals surface area contributed by atoms with Gasteiger partial charge in [0.1, 0.15) is 0 Å². The number of amides is 1. The summed E-state index contributed by atoms with van der Waals surface area (Å²) in [5.74, 6) is -0.235. The average molecular weight is 199 g/mol. The molecule has 0 bridgehead atoms. The van der Waals surface area contributed by atoms with Gasteiger partial charge in [-0.1, -0.05) is 0 Å². The van der Waals surface area contributed by atoms with Crippen LogP contribution in [0.1, 0.15) is 26.7 Å². The van der Waals surface area contributed by atoms with E-state index in [1.165, 1.54) is 0 Å². The fourth-order valence-corrected chi connectivity index (χ4v) is 2.16. The van der Waals surface area contributed by atoms with E-state index in [1.807, 2.05) is 0 Å². The normalized spacial score (nSPS) is 28.6. The highest BCUT2D eigenvalue weighted by molar-refractivity contribution is 5.74. The van der Waals surface area contributed by atoms with Crippen molar-refractivity contribution >= 4 is 5.91 Å². The zero-order valence-electron chi connectivity index (χ0n) is 9.12. The molecular formula is C10H21N3O. The lowest BCUT2D eigenvalue weighted by molar-refractivity contribution is -0.120. The molecule has 14 heavy (non-hydrogen) atoms. The van der Waals surface area contributed by atoms with Crippen LogP contribution in [-0.4, -0.2) is 36.5 Å². The standard InChI is InChI=1S/C10H21N3O/c1-8(2)13-4-3-10(6-11,7-13)5-9(12)14/h8H,3-7,11H2,1-2H3,(H2,12,14). The predicted octanol–water partition coefficient (Wildman–Crippen LogP) is -0.0790. The van der Waals surface area contributed by atoms with Gasteiger partial charge in [0.2, 0.25) is 5.91 Å². The van der Waals surface area contributed by atoms with Crippen LogP contribution in [0.3, 0.4) is 0 Å². The largest absolute Gasteiger partial charge is 0.370 e. The molecule has 0 aromatic rings. The van der Waals surface area contributed by atoms with Crippen LogP contribution in [0.25, 0.3) is 0 Å². The van der Waals surface area contributed by atoms with Crippen LogP contribution in [0, 0.1) is 5.41 Å². The molecule has 0 aromatic heterocycles. The molecule has 82 valence electrons. The number of primary amides is 1. The van der Waals surface area contributed by atoms with Crippen molar-refractivity contribution in [2.45, 2.75) is 32.7 Å². The van der Waals surface area contributed by atoms with Crippen molar-refractivity contribution in [3.05, 3.63) is 0 Å². The van der Waals surface area contributed by atoms with Gasteiger partial charge >= 0.3 is 0 Å². The first-order chi connectivity index (χ1) is 6.49. The summed E-state index contributed by atoms with van der Waals surface area (Å²) in [6, 6.07) is 0.524. The first-order valence-corrected chi connectivity index (χ1v) is 5.21. The minimum absolute atomic E-state index is 0.0594. The molecule has 0 spiro atoms. The Morgan fingerprint density at radius 1 is 1.57 bits per heavy atom. The Labute approximate surface area is 85.6 Å². The summed E-state index contributed by atoms with van der Waals surface area (Å²) in [7, 11) is 0. The molecule has 0 radical (unpaired) electrons. The van der Waals surface area contributed by atoms with Gasteiger partial charge in [0.25, 0.3) is 0 Å². The molecule has 1 rings (SSSR count). The van der Waals surface area contributed by atoms with Crippen LogP contribution in [0.5, 0.6) is 0 Å². The monoisotopic (exact) mass is 199 g/mol. The molecule has 1 amide bonds. The lowest BCUT2D eigenvalue weighted by Crippen LogP contribution is -2.39. The van der Waals surface area contributed by atoms with Crippen molar-refractivity contribution in [3.63, 3.8) is 0 Å². The van der Waals surface area contributed by atoms with Crippen LogP contribution in [0.2, 0.25) is 0 Å². The number of likely N-dealkylation sites (tertiary alicyclic amines) is 1. The fourth-order valence-electron chi connectivity index (χ4n) is 2.16. The molecule has 0 saturated carbocycles. The highest BCUT2D eigenvalue weighted by Crippen LogP contribution is 2.33. The van der Waals surface area contributed by atoms with Crippen molar-refractivity contribution in [1.82, 2.24) is 4.90 Å². The molecule has 1 fully saturated rings. The third-order valence-electron chi connectivity index (χ3n) is 3.18. The first-order valence-electron chi connectivity index (χ1n) is 5.21. The van der Waals surface area contributed by atoms with E-state index in [0.717, 1.165) is 19.5 Å². The summed E-state index contributed by atoms with van der Waals surface area (Å²) in [6.45, 7) is 6.82. The van der Waals surface area contributed by atoms with Crippen molar-refractivity contribution in [2.24, 2.45) is 16.9 Å². The van der Waals surface area contributed by atoms with Crippen molar-refractivity contribution in [1.29, 1.82) is 0 Å². The van der Waals surface area contributed by atoms with Crippen LogP contribution >= 0.6 is 0 Å². The number of hydrogen-bond acceptors (Lipinski definition) is 3. The lowest BCUT2D eigenvalue weighted by Gasteiger charge is -2.27. The summed E-state index contributed by atoms with van der Waals surface area (Å²) in [6.07, 6.45) is 1.41. The average Bonchev–Trinajstić information content (AvgIpc) is 2.49. The zero-order chi connectivity index (χ0) is 10.8. The second-order valence-corrected chi connectivity index (χ2v) is 4.66. The van der Waals surface area contributed by atoms with Gasteiger partial charge in [-0.2, -0.15) is 0 Å². The van der Waals surface area contributed by atoms with Gasteiger partial charge < -0.3 is 16.4 Å². The number of nitrogens with zero attached hydrogens (tertiary/aromatic N) is 1. The smallest absolute Gasteiger partial charge is 0.218 e. The van der Waals surface area contributed by atoms with E-state index in [4.69, 9.17) is 11.5 Å². The number of nitrogens with two attached hydrogens (primary N) is 2. The number of rotatable bonds is 4. The zero-order valence-corrected chi connectivity index (χ0v) is 9.12. The summed E-state index contributed by atoms with van der Waals surface area (Å²) >= 11 is 0. The minimum atomic E-state index is -0.235. The highest BCUT2D eigenvalue weighted by atomic mass is 16.1. The third kappa shape index (κ3) is 2.45. The number of carbonyl (C=O) groups excluding carboxylic acids is 1. The van der Waals surface area contributed by atoms with Crippen molar-refractivity contribution in [2.75, 3.05) is 19.6 Å². The van der Waals surface area contributed by atoms with Gasteiger partial charge in [0.05, 0.1) is 0 Å². The minimum Gasteiger partial charge on any atom is -0.370 e. The van der Waals surface area contributed by atoms with E-state index in [1.54, 1.807) is 0 Å². The number of carbonyl (C=O) groups is 1. The van der Waals surface area contributed by atoms with Crippen molar-refractivity contribution < 1.29 is 4.79 Å². The Balaban J connectivity index is 2.61. The molecule has 4 heteroatoms. The Morgan fingerprint density at radius 2 is 2.21 bits per heavy atom. The second kappa shape index (κ2) is 4.28. The van der Waals surface area contributed by atoms with E-state index in [2.05, 4.69) is 18.7 Å². The van der Waals surface area contributed by atoms with Gasteiger partial charge in [-0.15, -0.1) is 0 Å². The second-order valence-electron chi connectivity index (χ2n) is 4.66. The van der Waals surface area contributed by atoms with Gasteiger partial charge in [0.15, 0.2) is 0 Å². The Hall–Kier alpha value is -0.610. The van der Waals surface area contributed by atoms with Crippen LogP contribution in [0.4, 0.5) is 0 Å². The van der Waals surface area contributed by atoms with E-state index >= 15 is 0 Å². The predicted molar refractivity (Wildman–Crippen MR) is 56.6 cm³/mol. The van der Waals surface area contributed by atoms with E-state index in [0.29, 0.717) is 19.0 Å². The van der Waals surface area contributed by atoms with Crippen LogP contribution < -0.4 is 11.5 Å². The summed E-state index contributed by atoms with van der Waals surface area (Å²) in [4.78, 5) is 13.3. The molecule has 1 unspecified atom stereocenters. The summed E-state index contributed by atoms with van der Waals surface area (Å²) in [5, 5.41) is 0. The van der Waals surface area contributed by atoms with Crippen LogP contribution in [0.15, 0.2) is 0 Å². The lowest BCUT2D eigenvalue weighted by atomic mass is 9.83. The van der Waals surface area contributed by atoms with Gasteiger partial charge in [-0.3, -0.25) is 4.79 Å². The first kappa shape index (κ1) is 11.5. The molecule has 1 heterocycles. The van der Waals surface area contributed by atoms with Crippen molar-refractivity contribution in [3.8, 4) is 0 Å². The van der Waals surface area contributed by atoms with Gasteiger partial charge in [0, 0.05) is 24.4 Å². The molecular weight excluding hydrogens is 178 g/mol. The molecule has 0 aliphatic carbocycles. The molecule has 4 N–H and O–H groups in total. The molecule has 0 aromatic carbocycles. The number of hydrogen-bond donors (Lipinski definition) is 2. The van der Waals surface area contributed by atoms with E-state index in [-0.39, 0.29) is 11.3 Å². The highest BCUT2D eigenvalue weighted by Gasteiger charge is 2.38. The maximum absolute atomic E-state index is 10.9.